The molecule has 0 bridgehead atoms. The fraction of sp³-hybridized carbons (Fsp3) is 0.150. The van der Waals surface area contributed by atoms with Gasteiger partial charge in [0.2, 0.25) is 5.88 Å². The van der Waals surface area contributed by atoms with Crippen LogP contribution in [-0.4, -0.2) is 37.6 Å². The number of imidazole rings is 1. The topological polar surface area (TPSA) is 83.3 Å². The highest BCUT2D eigenvalue weighted by Gasteiger charge is 2.16. The molecule has 0 saturated carbocycles. The molecule has 0 aliphatic rings. The van der Waals surface area contributed by atoms with Gasteiger partial charge in [0.25, 0.3) is 0 Å². The zero-order chi connectivity index (χ0) is 18.8. The number of aromatic hydroxyl groups is 2. The predicted molar refractivity (Wildman–Crippen MR) is 106 cm³/mol. The molecule has 0 aliphatic heterocycles. The summed E-state index contributed by atoms with van der Waals surface area (Å²) in [5.41, 5.74) is 2.63. The quantitative estimate of drug-likeness (QED) is 0.438. The van der Waals surface area contributed by atoms with Crippen LogP contribution in [0.3, 0.4) is 0 Å². The van der Waals surface area contributed by atoms with Gasteiger partial charge in [0.1, 0.15) is 11.6 Å². The lowest BCUT2D eigenvalue weighted by atomic mass is 10.3. The molecule has 0 spiro atoms. The molecule has 6 nitrogen and oxygen atoms in total. The van der Waals surface area contributed by atoms with Crippen molar-refractivity contribution in [3.05, 3.63) is 60.4 Å². The van der Waals surface area contributed by atoms with Gasteiger partial charge in [-0.1, -0.05) is 12.1 Å². The van der Waals surface area contributed by atoms with Gasteiger partial charge < -0.3 is 19.9 Å². The van der Waals surface area contributed by atoms with Gasteiger partial charge in [0.05, 0.1) is 28.7 Å². The molecule has 2 heterocycles. The van der Waals surface area contributed by atoms with Gasteiger partial charge in [-0.15, -0.1) is 11.8 Å². The molecule has 0 atom stereocenters. The lowest BCUT2D eigenvalue weighted by Crippen LogP contribution is -1.93. The molecule has 0 amide bonds. The number of nitrogens with one attached hydrogen (secondary N) is 1. The maximum absolute atomic E-state index is 10.5. The Hall–Kier alpha value is -3.06. The van der Waals surface area contributed by atoms with Crippen molar-refractivity contribution in [1.82, 2.24) is 14.5 Å². The Kier molecular flexibility index (Phi) is 4.68. The molecule has 27 heavy (non-hydrogen) atoms. The number of ether oxygens (including phenoxy) is 1. The summed E-state index contributed by atoms with van der Waals surface area (Å²) in [6.07, 6.45) is 0.729. The SMILES string of the molecule is COc1ccc(-n2c(O)cc(SCCc3nc4ccccc4[nH]3)c2O)cc1. The Morgan fingerprint density at radius 2 is 1.89 bits per heavy atom. The first-order chi connectivity index (χ1) is 13.2. The normalized spacial score (nSPS) is 11.1. The van der Waals surface area contributed by atoms with E-state index in [1.54, 1.807) is 37.4 Å². The third-order valence-corrected chi connectivity index (χ3v) is 5.31. The minimum atomic E-state index is -0.0103. The van der Waals surface area contributed by atoms with Gasteiger partial charge in [0.15, 0.2) is 5.88 Å². The number of methoxy groups -OCH3 is 1. The molecule has 2 aromatic heterocycles. The van der Waals surface area contributed by atoms with E-state index in [2.05, 4.69) is 9.97 Å². The first-order valence-corrected chi connectivity index (χ1v) is 9.49. The van der Waals surface area contributed by atoms with Crippen molar-refractivity contribution in [1.29, 1.82) is 0 Å². The van der Waals surface area contributed by atoms with E-state index in [4.69, 9.17) is 4.74 Å². The molecule has 2 aromatic carbocycles. The largest absolute Gasteiger partial charge is 0.497 e. The summed E-state index contributed by atoms with van der Waals surface area (Å²) in [5.74, 6) is 2.35. The number of H-pyrrole nitrogens is 1. The molecule has 0 unspecified atom stereocenters. The van der Waals surface area contributed by atoms with E-state index >= 15 is 0 Å². The van der Waals surface area contributed by atoms with Gasteiger partial charge in [-0.2, -0.15) is 0 Å². The highest BCUT2D eigenvalue weighted by Crippen LogP contribution is 2.38. The van der Waals surface area contributed by atoms with Crippen molar-refractivity contribution in [2.24, 2.45) is 0 Å². The Bertz CT molecular complexity index is 1040. The van der Waals surface area contributed by atoms with Crippen LogP contribution < -0.4 is 4.74 Å². The van der Waals surface area contributed by atoms with Crippen molar-refractivity contribution in [2.45, 2.75) is 11.3 Å². The average Bonchev–Trinajstić information content (AvgIpc) is 3.22. The molecule has 0 aliphatic carbocycles. The summed E-state index contributed by atoms with van der Waals surface area (Å²) in [6, 6.07) is 16.6. The van der Waals surface area contributed by atoms with E-state index in [0.29, 0.717) is 16.3 Å². The standard InChI is InChI=1S/C20H19N3O3S/c1-26-14-8-6-13(7-9-14)23-19(24)12-17(20(23)25)27-11-10-18-21-15-4-2-3-5-16(15)22-18/h2-9,12,24-25H,10-11H2,1H3,(H,21,22). The van der Waals surface area contributed by atoms with Crippen LogP contribution in [0.5, 0.6) is 17.5 Å². The van der Waals surface area contributed by atoms with Gasteiger partial charge in [-0.05, 0) is 36.4 Å². The van der Waals surface area contributed by atoms with Crippen LogP contribution in [0.25, 0.3) is 16.7 Å². The zero-order valence-electron chi connectivity index (χ0n) is 14.7. The summed E-state index contributed by atoms with van der Waals surface area (Å²) in [7, 11) is 1.59. The number of benzene rings is 2. The lowest BCUT2D eigenvalue weighted by Gasteiger charge is -2.08. The monoisotopic (exact) mass is 381 g/mol. The molecule has 138 valence electrons. The zero-order valence-corrected chi connectivity index (χ0v) is 15.5. The number of hydrogen-bond donors (Lipinski definition) is 3. The maximum Gasteiger partial charge on any atom is 0.212 e. The number of fused-ring (bicyclic) bond motifs is 1. The highest BCUT2D eigenvalue weighted by molar-refractivity contribution is 7.99. The molecule has 0 saturated heterocycles. The Labute approximate surface area is 160 Å². The number of hydrogen-bond acceptors (Lipinski definition) is 5. The number of aryl methyl sites for hydroxylation is 1. The summed E-state index contributed by atoms with van der Waals surface area (Å²) in [4.78, 5) is 8.48. The Morgan fingerprint density at radius 1 is 1.11 bits per heavy atom. The van der Waals surface area contributed by atoms with Crippen molar-refractivity contribution in [3.63, 3.8) is 0 Å². The Morgan fingerprint density at radius 3 is 2.63 bits per heavy atom. The first kappa shape index (κ1) is 17.4. The molecular formula is C20H19N3O3S. The van der Waals surface area contributed by atoms with Crippen molar-refractivity contribution in [2.75, 3.05) is 12.9 Å². The summed E-state index contributed by atoms with van der Waals surface area (Å²) < 4.78 is 6.55. The molecule has 3 N–H and O–H groups in total. The summed E-state index contributed by atoms with van der Waals surface area (Å²) >= 11 is 1.47. The predicted octanol–water partition coefficient (Wildman–Crippen LogP) is 4.11. The van der Waals surface area contributed by atoms with Crippen LogP contribution in [0.2, 0.25) is 0 Å². The molecule has 7 heteroatoms. The van der Waals surface area contributed by atoms with Crippen LogP contribution in [-0.2, 0) is 6.42 Å². The first-order valence-electron chi connectivity index (χ1n) is 8.50. The minimum absolute atomic E-state index is 0.0103. The van der Waals surface area contributed by atoms with Crippen molar-refractivity contribution >= 4 is 22.8 Å². The van der Waals surface area contributed by atoms with Crippen LogP contribution in [0.15, 0.2) is 59.5 Å². The number of aromatic nitrogens is 3. The van der Waals surface area contributed by atoms with Gasteiger partial charge >= 0.3 is 0 Å². The molecule has 4 rings (SSSR count). The lowest BCUT2D eigenvalue weighted by molar-refractivity contribution is 0.397. The Balaban J connectivity index is 1.47. The second kappa shape index (κ2) is 7.28. The smallest absolute Gasteiger partial charge is 0.212 e. The van der Waals surface area contributed by atoms with Crippen LogP contribution >= 0.6 is 11.8 Å². The van der Waals surface area contributed by atoms with Crippen LogP contribution in [0, 0.1) is 0 Å². The van der Waals surface area contributed by atoms with Gasteiger partial charge in [-0.3, -0.25) is 4.57 Å². The van der Waals surface area contributed by atoms with E-state index in [1.807, 2.05) is 24.3 Å². The summed E-state index contributed by atoms with van der Waals surface area (Å²) in [6.45, 7) is 0. The highest BCUT2D eigenvalue weighted by atomic mass is 32.2. The summed E-state index contributed by atoms with van der Waals surface area (Å²) in [5, 5.41) is 20.8. The fourth-order valence-electron chi connectivity index (χ4n) is 2.94. The van der Waals surface area contributed by atoms with Crippen molar-refractivity contribution < 1.29 is 14.9 Å². The average molecular weight is 381 g/mol. The van der Waals surface area contributed by atoms with Gasteiger partial charge in [0, 0.05) is 18.2 Å². The van der Waals surface area contributed by atoms with Crippen LogP contribution in [0.4, 0.5) is 0 Å². The maximum atomic E-state index is 10.5. The fourth-order valence-corrected chi connectivity index (χ4v) is 3.86. The number of rotatable bonds is 6. The molecule has 0 fully saturated rings. The third kappa shape index (κ3) is 3.46. The van der Waals surface area contributed by atoms with Crippen LogP contribution in [0.1, 0.15) is 5.82 Å². The third-order valence-electron chi connectivity index (χ3n) is 4.29. The number of nitrogens with zero attached hydrogens (tertiary/aromatic N) is 2. The molecule has 4 aromatic rings. The molecular weight excluding hydrogens is 362 g/mol. The van der Waals surface area contributed by atoms with E-state index in [1.165, 1.54) is 16.3 Å². The van der Waals surface area contributed by atoms with E-state index in [-0.39, 0.29) is 11.8 Å². The van der Waals surface area contributed by atoms with E-state index in [9.17, 15) is 10.2 Å². The minimum Gasteiger partial charge on any atom is -0.497 e. The second-order valence-electron chi connectivity index (χ2n) is 6.02. The van der Waals surface area contributed by atoms with Crippen molar-refractivity contribution in [3.8, 4) is 23.2 Å². The number of aromatic amines is 1. The van der Waals surface area contributed by atoms with E-state index < -0.39 is 0 Å². The van der Waals surface area contributed by atoms with Gasteiger partial charge in [-0.25, -0.2) is 4.98 Å². The number of thioether (sulfide) groups is 1. The molecule has 0 radical (unpaired) electrons. The second-order valence-corrected chi connectivity index (χ2v) is 7.16. The number of para-hydroxylation sites is 2. The van der Waals surface area contributed by atoms with E-state index in [0.717, 1.165) is 29.0 Å².